The van der Waals surface area contributed by atoms with Gasteiger partial charge in [0.05, 0.1) is 6.10 Å². The molecule has 0 bridgehead atoms. The van der Waals surface area contributed by atoms with Crippen molar-refractivity contribution >= 4 is 11.9 Å². The number of guanidine groups is 1. The molecule has 144 valence electrons. The van der Waals surface area contributed by atoms with Crippen LogP contribution >= 0.6 is 0 Å². The van der Waals surface area contributed by atoms with Gasteiger partial charge in [-0.1, -0.05) is 6.42 Å². The minimum absolute atomic E-state index is 0.325. The predicted octanol–water partition coefficient (Wildman–Crippen LogP) is 2.25. The van der Waals surface area contributed by atoms with Gasteiger partial charge >= 0.3 is 0 Å². The first-order chi connectivity index (χ1) is 12.2. The van der Waals surface area contributed by atoms with Crippen molar-refractivity contribution < 1.29 is 9.53 Å². The van der Waals surface area contributed by atoms with Crippen LogP contribution in [0.3, 0.4) is 0 Å². The fourth-order valence-corrected chi connectivity index (χ4v) is 3.62. The molecule has 6 nitrogen and oxygen atoms in total. The molecule has 2 aliphatic rings. The van der Waals surface area contributed by atoms with Gasteiger partial charge in [-0.3, -0.25) is 9.79 Å². The molecule has 25 heavy (non-hydrogen) atoms. The fourth-order valence-electron chi connectivity index (χ4n) is 3.62. The average molecular weight is 353 g/mol. The highest BCUT2D eigenvalue weighted by Crippen LogP contribution is 2.14. The lowest BCUT2D eigenvalue weighted by atomic mass is 10.1. The molecule has 0 spiro atoms. The first kappa shape index (κ1) is 20.0. The zero-order valence-electron chi connectivity index (χ0n) is 16.1. The van der Waals surface area contributed by atoms with E-state index in [1.165, 1.54) is 6.42 Å². The highest BCUT2D eigenvalue weighted by atomic mass is 16.5. The molecule has 0 radical (unpaired) electrons. The van der Waals surface area contributed by atoms with Crippen molar-refractivity contribution in [2.75, 3.05) is 45.9 Å². The summed E-state index contributed by atoms with van der Waals surface area (Å²) in [5, 5.41) is 3.41. The summed E-state index contributed by atoms with van der Waals surface area (Å²) in [5.74, 6) is 1.34. The maximum Gasteiger partial charge on any atom is 0.222 e. The van der Waals surface area contributed by atoms with E-state index in [0.29, 0.717) is 12.0 Å². The number of aliphatic imine (C=N–C) groups is 1. The number of carbonyl (C=O) groups is 1. The molecule has 2 rings (SSSR count). The van der Waals surface area contributed by atoms with Crippen molar-refractivity contribution in [3.63, 3.8) is 0 Å². The molecule has 0 saturated carbocycles. The van der Waals surface area contributed by atoms with Crippen molar-refractivity contribution in [1.29, 1.82) is 0 Å². The maximum atomic E-state index is 12.0. The van der Waals surface area contributed by atoms with Crippen LogP contribution in [0.15, 0.2) is 4.99 Å². The van der Waals surface area contributed by atoms with Gasteiger partial charge in [0.25, 0.3) is 0 Å². The maximum absolute atomic E-state index is 12.0. The molecule has 0 aromatic carbocycles. The summed E-state index contributed by atoms with van der Waals surface area (Å²) in [6.45, 7) is 10.4. The molecule has 1 N–H and O–H groups in total. The van der Waals surface area contributed by atoms with Gasteiger partial charge < -0.3 is 19.9 Å². The smallest absolute Gasteiger partial charge is 0.222 e. The largest absolute Gasteiger partial charge is 0.378 e. The van der Waals surface area contributed by atoms with Crippen molar-refractivity contribution in [3.8, 4) is 0 Å². The van der Waals surface area contributed by atoms with Crippen LogP contribution in [0.25, 0.3) is 0 Å². The molecular weight excluding hydrogens is 316 g/mol. The minimum Gasteiger partial charge on any atom is -0.378 e. The molecule has 2 fully saturated rings. The number of hydrogen-bond donors (Lipinski definition) is 1. The fraction of sp³-hybridized carbons (Fsp3) is 0.895. The Balaban J connectivity index is 1.76. The third kappa shape index (κ3) is 6.84. The lowest BCUT2D eigenvalue weighted by molar-refractivity contribution is -0.130. The molecule has 0 atom stereocenters. The average Bonchev–Trinajstić information content (AvgIpc) is 2.83. The molecular formula is C19H36N4O2. The van der Waals surface area contributed by atoms with E-state index >= 15 is 0 Å². The number of likely N-dealkylation sites (tertiary alicyclic amines) is 2. The Bertz CT molecular complexity index is 420. The minimum atomic E-state index is 0.325. The van der Waals surface area contributed by atoms with Gasteiger partial charge in [0.2, 0.25) is 5.91 Å². The number of nitrogens with one attached hydrogen (secondary N) is 1. The molecule has 2 saturated heterocycles. The summed E-state index contributed by atoms with van der Waals surface area (Å²) in [6.07, 6.45) is 7.58. The zero-order valence-corrected chi connectivity index (χ0v) is 16.1. The Kier molecular flexibility index (Phi) is 9.08. The Morgan fingerprint density at radius 2 is 2.00 bits per heavy atom. The lowest BCUT2D eigenvalue weighted by Crippen LogP contribution is -2.47. The van der Waals surface area contributed by atoms with Gasteiger partial charge in [-0.25, -0.2) is 0 Å². The van der Waals surface area contributed by atoms with Crippen molar-refractivity contribution in [2.45, 2.75) is 64.9 Å². The molecule has 2 aliphatic heterocycles. The summed E-state index contributed by atoms with van der Waals surface area (Å²) in [4.78, 5) is 21.2. The van der Waals surface area contributed by atoms with E-state index in [1.807, 2.05) is 4.90 Å². The SMILES string of the molecule is CCNC(=NCCCN1CCCCCC1=O)N1CCC(OCC)CC1. The van der Waals surface area contributed by atoms with Crippen molar-refractivity contribution in [2.24, 2.45) is 4.99 Å². The highest BCUT2D eigenvalue weighted by molar-refractivity contribution is 5.80. The Morgan fingerprint density at radius 3 is 2.72 bits per heavy atom. The van der Waals surface area contributed by atoms with Crippen LogP contribution in [0, 0.1) is 0 Å². The van der Waals surface area contributed by atoms with Gasteiger partial charge in [-0.15, -0.1) is 0 Å². The third-order valence-electron chi connectivity index (χ3n) is 5.00. The van der Waals surface area contributed by atoms with E-state index in [4.69, 9.17) is 9.73 Å². The number of rotatable bonds is 7. The molecule has 2 heterocycles. The van der Waals surface area contributed by atoms with Crippen LogP contribution in [-0.4, -0.2) is 73.6 Å². The second-order valence-electron chi connectivity index (χ2n) is 6.92. The van der Waals surface area contributed by atoms with E-state index in [2.05, 4.69) is 24.1 Å². The Hall–Kier alpha value is -1.30. The van der Waals surface area contributed by atoms with E-state index in [1.54, 1.807) is 0 Å². The number of ether oxygens (including phenoxy) is 1. The first-order valence-electron chi connectivity index (χ1n) is 10.2. The molecule has 6 heteroatoms. The predicted molar refractivity (Wildman–Crippen MR) is 102 cm³/mol. The normalized spacial score (nSPS) is 20.7. The molecule has 0 unspecified atom stereocenters. The summed E-state index contributed by atoms with van der Waals surface area (Å²) in [7, 11) is 0. The number of nitrogens with zero attached hydrogens (tertiary/aromatic N) is 3. The highest BCUT2D eigenvalue weighted by Gasteiger charge is 2.21. The number of piperidine rings is 1. The number of hydrogen-bond acceptors (Lipinski definition) is 3. The van der Waals surface area contributed by atoms with Gasteiger partial charge in [-0.05, 0) is 46.0 Å². The van der Waals surface area contributed by atoms with E-state index in [9.17, 15) is 4.79 Å². The summed E-state index contributed by atoms with van der Waals surface area (Å²) < 4.78 is 5.73. The summed E-state index contributed by atoms with van der Waals surface area (Å²) in [6, 6.07) is 0. The summed E-state index contributed by atoms with van der Waals surface area (Å²) in [5.41, 5.74) is 0. The first-order valence-corrected chi connectivity index (χ1v) is 10.2. The van der Waals surface area contributed by atoms with Gasteiger partial charge in [0, 0.05) is 52.3 Å². The molecule has 0 aliphatic carbocycles. The third-order valence-corrected chi connectivity index (χ3v) is 5.00. The van der Waals surface area contributed by atoms with Crippen LogP contribution in [0.5, 0.6) is 0 Å². The topological polar surface area (TPSA) is 57.2 Å². The van der Waals surface area contributed by atoms with Gasteiger partial charge in [0.15, 0.2) is 5.96 Å². The lowest BCUT2D eigenvalue weighted by Gasteiger charge is -2.34. The van der Waals surface area contributed by atoms with Crippen LogP contribution < -0.4 is 5.32 Å². The Labute approximate surface area is 153 Å². The van der Waals surface area contributed by atoms with Crippen LogP contribution in [0.2, 0.25) is 0 Å². The number of carbonyl (C=O) groups excluding carboxylic acids is 1. The molecule has 1 amide bonds. The van der Waals surface area contributed by atoms with Gasteiger partial charge in [0.1, 0.15) is 0 Å². The number of amides is 1. The zero-order chi connectivity index (χ0) is 17.9. The van der Waals surface area contributed by atoms with Crippen LogP contribution in [-0.2, 0) is 9.53 Å². The van der Waals surface area contributed by atoms with E-state index < -0.39 is 0 Å². The molecule has 0 aromatic heterocycles. The molecule has 0 aromatic rings. The second kappa shape index (κ2) is 11.3. The quantitative estimate of drug-likeness (QED) is 0.434. The van der Waals surface area contributed by atoms with Gasteiger partial charge in [-0.2, -0.15) is 0 Å². The monoisotopic (exact) mass is 352 g/mol. The summed E-state index contributed by atoms with van der Waals surface area (Å²) >= 11 is 0. The van der Waals surface area contributed by atoms with Crippen molar-refractivity contribution in [1.82, 2.24) is 15.1 Å². The van der Waals surface area contributed by atoms with Crippen LogP contribution in [0.4, 0.5) is 0 Å². The Morgan fingerprint density at radius 1 is 1.20 bits per heavy atom. The van der Waals surface area contributed by atoms with Crippen LogP contribution in [0.1, 0.15) is 58.8 Å². The van der Waals surface area contributed by atoms with E-state index in [-0.39, 0.29) is 0 Å². The standard InChI is InChI=1S/C19H36N4O2/c1-3-20-19(23-15-10-17(11-16-23)25-4-2)21-12-8-14-22-13-7-5-6-9-18(22)24/h17H,3-16H2,1-2H3,(H,20,21). The van der Waals surface area contributed by atoms with E-state index in [0.717, 1.165) is 90.4 Å². The second-order valence-corrected chi connectivity index (χ2v) is 6.92. The van der Waals surface area contributed by atoms with Crippen molar-refractivity contribution in [3.05, 3.63) is 0 Å².